The zero-order valence-corrected chi connectivity index (χ0v) is 8.83. The molecule has 0 spiro atoms. The summed E-state index contributed by atoms with van der Waals surface area (Å²) in [6, 6.07) is 2.28. The van der Waals surface area contributed by atoms with Crippen molar-refractivity contribution >= 4 is 23.0 Å². The SMILES string of the molecule is CCOc1c(F)ccc(NC(N)=S)c1F. The van der Waals surface area contributed by atoms with Crippen molar-refractivity contribution in [3.8, 4) is 5.75 Å². The minimum atomic E-state index is -0.843. The van der Waals surface area contributed by atoms with E-state index < -0.39 is 17.4 Å². The first-order chi connectivity index (χ1) is 7.06. The van der Waals surface area contributed by atoms with Crippen molar-refractivity contribution in [1.82, 2.24) is 0 Å². The molecule has 1 aromatic carbocycles. The molecular formula is C9H10F2N2OS. The molecule has 0 saturated carbocycles. The van der Waals surface area contributed by atoms with Gasteiger partial charge >= 0.3 is 0 Å². The summed E-state index contributed by atoms with van der Waals surface area (Å²) in [5.74, 6) is -2.04. The number of benzene rings is 1. The summed E-state index contributed by atoms with van der Waals surface area (Å²) >= 11 is 4.54. The van der Waals surface area contributed by atoms with Crippen LogP contribution < -0.4 is 15.8 Å². The fraction of sp³-hybridized carbons (Fsp3) is 0.222. The van der Waals surface area contributed by atoms with Gasteiger partial charge in [-0.2, -0.15) is 0 Å². The Morgan fingerprint density at radius 3 is 2.73 bits per heavy atom. The second-order valence-corrected chi connectivity index (χ2v) is 3.10. The van der Waals surface area contributed by atoms with Gasteiger partial charge in [-0.15, -0.1) is 0 Å². The number of hydrogen-bond acceptors (Lipinski definition) is 2. The van der Waals surface area contributed by atoms with Crippen LogP contribution in [0, 0.1) is 11.6 Å². The summed E-state index contributed by atoms with van der Waals surface area (Å²) in [4.78, 5) is 0. The molecule has 6 heteroatoms. The summed E-state index contributed by atoms with van der Waals surface area (Å²) in [5.41, 5.74) is 5.17. The minimum Gasteiger partial charge on any atom is -0.488 e. The van der Waals surface area contributed by atoms with Gasteiger partial charge in [-0.05, 0) is 31.3 Å². The molecule has 0 aliphatic rings. The summed E-state index contributed by atoms with van der Waals surface area (Å²) < 4.78 is 31.5. The topological polar surface area (TPSA) is 47.3 Å². The third-order valence-electron chi connectivity index (χ3n) is 1.60. The summed E-state index contributed by atoms with van der Waals surface area (Å²) in [6.07, 6.45) is 0. The number of anilines is 1. The lowest BCUT2D eigenvalue weighted by Gasteiger charge is -2.10. The molecule has 15 heavy (non-hydrogen) atoms. The Labute approximate surface area is 91.2 Å². The highest BCUT2D eigenvalue weighted by molar-refractivity contribution is 7.80. The van der Waals surface area contributed by atoms with E-state index in [9.17, 15) is 8.78 Å². The molecule has 0 amide bonds. The zero-order chi connectivity index (χ0) is 11.4. The van der Waals surface area contributed by atoms with E-state index in [1.807, 2.05) is 0 Å². The molecule has 0 aromatic heterocycles. The molecule has 0 fully saturated rings. The molecule has 0 saturated heterocycles. The Bertz CT molecular complexity index is 385. The number of thiocarbonyl (C=S) groups is 1. The molecule has 0 bridgehead atoms. The molecule has 0 aliphatic heterocycles. The first-order valence-electron chi connectivity index (χ1n) is 4.23. The van der Waals surface area contributed by atoms with Crippen LogP contribution in [-0.4, -0.2) is 11.7 Å². The molecular weight excluding hydrogens is 222 g/mol. The molecule has 3 N–H and O–H groups in total. The summed E-state index contributed by atoms with van der Waals surface area (Å²) in [5, 5.41) is 2.29. The Morgan fingerprint density at radius 2 is 2.20 bits per heavy atom. The molecule has 1 rings (SSSR count). The third kappa shape index (κ3) is 2.76. The second-order valence-electron chi connectivity index (χ2n) is 2.66. The van der Waals surface area contributed by atoms with E-state index in [0.29, 0.717) is 0 Å². The number of hydrogen-bond donors (Lipinski definition) is 2. The van der Waals surface area contributed by atoms with Crippen molar-refractivity contribution in [3.05, 3.63) is 23.8 Å². The van der Waals surface area contributed by atoms with Crippen LogP contribution in [0.5, 0.6) is 5.75 Å². The Kier molecular flexibility index (Phi) is 3.79. The first-order valence-corrected chi connectivity index (χ1v) is 4.64. The van der Waals surface area contributed by atoms with Gasteiger partial charge in [0.05, 0.1) is 12.3 Å². The number of rotatable bonds is 3. The normalized spacial score (nSPS) is 9.80. The van der Waals surface area contributed by atoms with Gasteiger partial charge in [0.2, 0.25) is 0 Å². The lowest BCUT2D eigenvalue weighted by Crippen LogP contribution is -2.20. The zero-order valence-electron chi connectivity index (χ0n) is 8.01. The van der Waals surface area contributed by atoms with Crippen LogP contribution >= 0.6 is 12.2 Å². The van der Waals surface area contributed by atoms with E-state index in [0.717, 1.165) is 6.07 Å². The Balaban J connectivity index is 3.09. The molecule has 0 atom stereocenters. The van der Waals surface area contributed by atoms with Gasteiger partial charge < -0.3 is 15.8 Å². The van der Waals surface area contributed by atoms with E-state index in [2.05, 4.69) is 17.5 Å². The average Bonchev–Trinajstić information content (AvgIpc) is 2.16. The highest BCUT2D eigenvalue weighted by atomic mass is 32.1. The monoisotopic (exact) mass is 232 g/mol. The van der Waals surface area contributed by atoms with Crippen molar-refractivity contribution in [2.75, 3.05) is 11.9 Å². The van der Waals surface area contributed by atoms with Crippen LogP contribution in [0.2, 0.25) is 0 Å². The van der Waals surface area contributed by atoms with E-state index >= 15 is 0 Å². The lowest BCUT2D eigenvalue weighted by molar-refractivity contribution is 0.303. The molecule has 1 aromatic rings. The number of nitrogens with one attached hydrogen (secondary N) is 1. The van der Waals surface area contributed by atoms with Crippen LogP contribution in [0.4, 0.5) is 14.5 Å². The maximum atomic E-state index is 13.5. The van der Waals surface area contributed by atoms with Crippen LogP contribution in [0.25, 0.3) is 0 Å². The first kappa shape index (κ1) is 11.6. The van der Waals surface area contributed by atoms with Crippen LogP contribution in [0.1, 0.15) is 6.92 Å². The number of halogens is 2. The van der Waals surface area contributed by atoms with Gasteiger partial charge in [0, 0.05) is 0 Å². The predicted octanol–water partition coefficient (Wildman–Crippen LogP) is 2.02. The van der Waals surface area contributed by atoms with E-state index in [-0.39, 0.29) is 17.4 Å². The van der Waals surface area contributed by atoms with Crippen LogP contribution in [0.3, 0.4) is 0 Å². The Morgan fingerprint density at radius 1 is 1.53 bits per heavy atom. The molecule has 3 nitrogen and oxygen atoms in total. The minimum absolute atomic E-state index is 0.00708. The average molecular weight is 232 g/mol. The van der Waals surface area contributed by atoms with Gasteiger partial charge in [0.25, 0.3) is 0 Å². The second kappa shape index (κ2) is 4.88. The fourth-order valence-corrected chi connectivity index (χ4v) is 1.15. The Hall–Kier alpha value is -1.43. The van der Waals surface area contributed by atoms with E-state index in [1.54, 1.807) is 6.92 Å². The standard InChI is InChI=1S/C9H10F2N2OS/c1-2-14-8-5(10)3-4-6(7(8)11)13-9(12)15/h3-4H,2H2,1H3,(H3,12,13,15). The summed E-state index contributed by atoms with van der Waals surface area (Å²) in [7, 11) is 0. The maximum Gasteiger partial charge on any atom is 0.192 e. The molecule has 0 aliphatic carbocycles. The van der Waals surface area contributed by atoms with E-state index in [4.69, 9.17) is 10.5 Å². The van der Waals surface area contributed by atoms with Crippen molar-refractivity contribution in [2.45, 2.75) is 6.92 Å². The van der Waals surface area contributed by atoms with Gasteiger partial charge in [0.1, 0.15) is 0 Å². The van der Waals surface area contributed by atoms with Crippen molar-refractivity contribution in [1.29, 1.82) is 0 Å². The third-order valence-corrected chi connectivity index (χ3v) is 1.70. The van der Waals surface area contributed by atoms with Gasteiger partial charge in [-0.3, -0.25) is 0 Å². The van der Waals surface area contributed by atoms with Crippen molar-refractivity contribution in [2.24, 2.45) is 5.73 Å². The maximum absolute atomic E-state index is 13.5. The van der Waals surface area contributed by atoms with Gasteiger partial charge in [-0.25, -0.2) is 8.78 Å². The number of ether oxygens (including phenoxy) is 1. The summed E-state index contributed by atoms with van der Waals surface area (Å²) in [6.45, 7) is 1.80. The van der Waals surface area contributed by atoms with Gasteiger partial charge in [0.15, 0.2) is 22.5 Å². The quantitative estimate of drug-likeness (QED) is 0.783. The van der Waals surface area contributed by atoms with Crippen molar-refractivity contribution < 1.29 is 13.5 Å². The largest absolute Gasteiger partial charge is 0.488 e. The molecule has 0 heterocycles. The van der Waals surface area contributed by atoms with Crippen LogP contribution in [0.15, 0.2) is 12.1 Å². The predicted molar refractivity (Wildman–Crippen MR) is 57.9 cm³/mol. The van der Waals surface area contributed by atoms with Crippen molar-refractivity contribution in [3.63, 3.8) is 0 Å². The van der Waals surface area contributed by atoms with Crippen LogP contribution in [-0.2, 0) is 0 Å². The smallest absolute Gasteiger partial charge is 0.192 e. The lowest BCUT2D eigenvalue weighted by atomic mass is 10.2. The van der Waals surface area contributed by atoms with E-state index in [1.165, 1.54) is 6.07 Å². The highest BCUT2D eigenvalue weighted by Crippen LogP contribution is 2.27. The molecule has 0 radical (unpaired) electrons. The number of nitrogens with two attached hydrogens (primary N) is 1. The molecule has 0 unspecified atom stereocenters. The molecule has 82 valence electrons. The fourth-order valence-electron chi connectivity index (χ4n) is 1.04. The van der Waals surface area contributed by atoms with Gasteiger partial charge in [-0.1, -0.05) is 0 Å². The highest BCUT2D eigenvalue weighted by Gasteiger charge is 2.14.